The fourth-order valence-electron chi connectivity index (χ4n) is 4.10. The predicted octanol–water partition coefficient (Wildman–Crippen LogP) is 5.66. The van der Waals surface area contributed by atoms with Crippen molar-refractivity contribution in [2.75, 3.05) is 25.6 Å². The summed E-state index contributed by atoms with van der Waals surface area (Å²) in [7, 11) is 1.52. The molecule has 210 valence electrons. The minimum absolute atomic E-state index is 0.183. The second kappa shape index (κ2) is 12.1. The van der Waals surface area contributed by atoms with Crippen LogP contribution in [0.4, 0.5) is 10.5 Å². The molecule has 0 fully saturated rings. The number of rotatable bonds is 9. The summed E-state index contributed by atoms with van der Waals surface area (Å²) in [5, 5.41) is 13.9. The summed E-state index contributed by atoms with van der Waals surface area (Å²) in [6, 6.07) is 14.6. The zero-order valence-corrected chi connectivity index (χ0v) is 23.7. The summed E-state index contributed by atoms with van der Waals surface area (Å²) in [6.07, 6.45) is 0.298. The van der Waals surface area contributed by atoms with Crippen molar-refractivity contribution in [1.82, 2.24) is 20.5 Å². The van der Waals surface area contributed by atoms with Crippen LogP contribution < -0.4 is 20.1 Å². The summed E-state index contributed by atoms with van der Waals surface area (Å²) < 4.78 is 16.3. The van der Waals surface area contributed by atoms with E-state index < -0.39 is 11.7 Å². The van der Waals surface area contributed by atoms with E-state index in [1.54, 1.807) is 39.0 Å². The molecular weight excluding hydrogens is 510 g/mol. The molecule has 10 nitrogen and oxygen atoms in total. The molecule has 2 heterocycles. The van der Waals surface area contributed by atoms with E-state index in [1.165, 1.54) is 7.11 Å². The van der Waals surface area contributed by atoms with Crippen molar-refractivity contribution in [3.8, 4) is 22.8 Å². The van der Waals surface area contributed by atoms with Gasteiger partial charge in [0, 0.05) is 28.3 Å². The Labute approximate surface area is 233 Å². The summed E-state index contributed by atoms with van der Waals surface area (Å²) in [5.74, 6) is 0.578. The summed E-state index contributed by atoms with van der Waals surface area (Å²) in [4.78, 5) is 29.8. The van der Waals surface area contributed by atoms with E-state index in [2.05, 4.69) is 27.8 Å². The lowest BCUT2D eigenvalue weighted by atomic mass is 10.0. The van der Waals surface area contributed by atoms with Crippen molar-refractivity contribution in [3.05, 3.63) is 65.4 Å². The molecule has 4 rings (SSSR count). The van der Waals surface area contributed by atoms with Crippen LogP contribution in [-0.2, 0) is 11.2 Å². The second-order valence-electron chi connectivity index (χ2n) is 10.3. The number of benzene rings is 2. The Bertz CT molecular complexity index is 1520. The van der Waals surface area contributed by atoms with Crippen LogP contribution in [0, 0.1) is 6.92 Å². The highest BCUT2D eigenvalue weighted by atomic mass is 16.6. The first-order valence-corrected chi connectivity index (χ1v) is 13.1. The Kier molecular flexibility index (Phi) is 8.57. The zero-order chi connectivity index (χ0) is 28.9. The molecule has 10 heteroatoms. The van der Waals surface area contributed by atoms with Crippen molar-refractivity contribution >= 4 is 28.7 Å². The molecule has 4 aromatic rings. The molecule has 0 aliphatic carbocycles. The van der Waals surface area contributed by atoms with Crippen LogP contribution >= 0.6 is 0 Å². The molecule has 0 spiro atoms. The second-order valence-corrected chi connectivity index (χ2v) is 10.3. The van der Waals surface area contributed by atoms with Crippen molar-refractivity contribution in [1.29, 1.82) is 0 Å². The van der Waals surface area contributed by atoms with Crippen LogP contribution in [0.15, 0.2) is 48.5 Å². The number of fused-ring (bicyclic) bond motifs is 1. The van der Waals surface area contributed by atoms with Gasteiger partial charge in [0.25, 0.3) is 5.91 Å². The Hall–Kier alpha value is -4.60. The van der Waals surface area contributed by atoms with Gasteiger partial charge in [-0.05, 0) is 76.1 Å². The summed E-state index contributed by atoms with van der Waals surface area (Å²) >= 11 is 0. The smallest absolute Gasteiger partial charge is 0.407 e. The van der Waals surface area contributed by atoms with E-state index in [1.807, 2.05) is 37.3 Å². The molecule has 3 N–H and O–H groups in total. The predicted molar refractivity (Wildman–Crippen MR) is 154 cm³/mol. The van der Waals surface area contributed by atoms with E-state index >= 15 is 0 Å². The highest BCUT2D eigenvalue weighted by Crippen LogP contribution is 2.29. The lowest BCUT2D eigenvalue weighted by molar-refractivity contribution is 0.0520. The highest BCUT2D eigenvalue weighted by molar-refractivity contribution is 6.05. The number of amides is 2. The molecule has 0 unspecified atom stereocenters. The minimum Gasteiger partial charge on any atom is -0.497 e. The molecule has 40 heavy (non-hydrogen) atoms. The van der Waals surface area contributed by atoms with Crippen LogP contribution in [0.5, 0.6) is 11.5 Å². The third kappa shape index (κ3) is 7.07. The fourth-order valence-corrected chi connectivity index (χ4v) is 4.10. The number of anilines is 1. The fraction of sp³-hybridized carbons (Fsp3) is 0.333. The van der Waals surface area contributed by atoms with E-state index in [0.717, 1.165) is 40.0 Å². The third-order valence-corrected chi connectivity index (χ3v) is 6.03. The van der Waals surface area contributed by atoms with Gasteiger partial charge in [-0.1, -0.05) is 13.0 Å². The standard InChI is InChI=1S/C30H35N5O5/c1-7-25-23-10-11-26(33-27(23)35-34-25)24-16-20(9-8-18(24)2)32-28(36)19-14-21(38-6)17-22(15-19)39-13-12-31-29(37)40-30(3,4)5/h8-11,14-17H,7,12-13H2,1-6H3,(H,31,37)(H,32,36)(H,33,34,35). The molecule has 0 aliphatic heterocycles. The number of hydrogen-bond donors (Lipinski definition) is 3. The summed E-state index contributed by atoms with van der Waals surface area (Å²) in [5.41, 5.74) is 4.82. The quantitative estimate of drug-likeness (QED) is 0.232. The number of ether oxygens (including phenoxy) is 3. The van der Waals surface area contributed by atoms with Gasteiger partial charge in [-0.25, -0.2) is 9.78 Å². The number of nitrogens with one attached hydrogen (secondary N) is 3. The van der Waals surface area contributed by atoms with Crippen molar-refractivity contribution in [2.24, 2.45) is 0 Å². The zero-order valence-electron chi connectivity index (χ0n) is 23.7. The first-order valence-electron chi connectivity index (χ1n) is 13.1. The van der Waals surface area contributed by atoms with Gasteiger partial charge in [0.05, 0.1) is 25.0 Å². The Morgan fingerprint density at radius 3 is 2.52 bits per heavy atom. The van der Waals surface area contributed by atoms with E-state index in [0.29, 0.717) is 22.7 Å². The minimum atomic E-state index is -0.583. The maximum Gasteiger partial charge on any atom is 0.407 e. The molecule has 0 saturated carbocycles. The number of carbonyl (C=O) groups excluding carboxylic acids is 2. The molecule has 2 aromatic heterocycles. The Morgan fingerprint density at radius 2 is 1.80 bits per heavy atom. The Morgan fingerprint density at radius 1 is 1.02 bits per heavy atom. The normalized spacial score (nSPS) is 11.2. The largest absolute Gasteiger partial charge is 0.497 e. The van der Waals surface area contributed by atoms with Crippen molar-refractivity contribution in [2.45, 2.75) is 46.6 Å². The van der Waals surface area contributed by atoms with Crippen LogP contribution in [0.25, 0.3) is 22.3 Å². The number of aromatic amines is 1. The molecule has 2 amide bonds. The molecular formula is C30H35N5O5. The first-order chi connectivity index (χ1) is 19.1. The number of nitrogens with zero attached hydrogens (tertiary/aromatic N) is 2. The third-order valence-electron chi connectivity index (χ3n) is 6.03. The SMILES string of the molecule is CCc1n[nH]c2nc(-c3cc(NC(=O)c4cc(OC)cc(OCCNC(=O)OC(C)(C)C)c4)ccc3C)ccc12. The van der Waals surface area contributed by atoms with Gasteiger partial charge in [-0.15, -0.1) is 0 Å². The van der Waals surface area contributed by atoms with Crippen molar-refractivity contribution < 1.29 is 23.8 Å². The number of aryl methyl sites for hydroxylation is 2. The van der Waals surface area contributed by atoms with Crippen LogP contribution in [0.2, 0.25) is 0 Å². The van der Waals surface area contributed by atoms with Gasteiger partial charge in [0.2, 0.25) is 0 Å². The maximum atomic E-state index is 13.2. The highest BCUT2D eigenvalue weighted by Gasteiger charge is 2.16. The topological polar surface area (TPSA) is 127 Å². The van der Waals surface area contributed by atoms with Gasteiger partial charge in [0.1, 0.15) is 23.7 Å². The lowest BCUT2D eigenvalue weighted by Crippen LogP contribution is -2.34. The maximum absolute atomic E-state index is 13.2. The van der Waals surface area contributed by atoms with E-state index in [4.69, 9.17) is 19.2 Å². The van der Waals surface area contributed by atoms with E-state index in [-0.39, 0.29) is 19.1 Å². The summed E-state index contributed by atoms with van der Waals surface area (Å²) in [6.45, 7) is 9.85. The molecule has 0 aliphatic rings. The number of H-pyrrole nitrogens is 1. The number of pyridine rings is 1. The van der Waals surface area contributed by atoms with Gasteiger partial charge in [-0.3, -0.25) is 9.89 Å². The molecule has 0 atom stereocenters. The van der Waals surface area contributed by atoms with Gasteiger partial charge in [0.15, 0.2) is 5.65 Å². The van der Waals surface area contributed by atoms with Gasteiger partial charge < -0.3 is 24.8 Å². The molecule has 0 bridgehead atoms. The van der Waals surface area contributed by atoms with E-state index in [9.17, 15) is 9.59 Å². The van der Waals surface area contributed by atoms with Crippen LogP contribution in [0.3, 0.4) is 0 Å². The van der Waals surface area contributed by atoms with Crippen LogP contribution in [-0.4, -0.2) is 53.0 Å². The Balaban J connectivity index is 1.46. The number of carbonyl (C=O) groups is 2. The first kappa shape index (κ1) is 28.4. The number of aromatic nitrogens is 3. The monoisotopic (exact) mass is 545 g/mol. The lowest BCUT2D eigenvalue weighted by Gasteiger charge is -2.19. The number of hydrogen-bond acceptors (Lipinski definition) is 7. The molecule has 2 aromatic carbocycles. The average molecular weight is 546 g/mol. The van der Waals surface area contributed by atoms with Crippen molar-refractivity contribution in [3.63, 3.8) is 0 Å². The van der Waals surface area contributed by atoms with Gasteiger partial charge in [-0.2, -0.15) is 5.10 Å². The molecule has 0 saturated heterocycles. The van der Waals surface area contributed by atoms with Crippen LogP contribution in [0.1, 0.15) is 49.3 Å². The molecule has 0 radical (unpaired) electrons. The number of alkyl carbamates (subject to hydrolysis) is 1. The average Bonchev–Trinajstić information content (AvgIpc) is 3.33. The van der Waals surface area contributed by atoms with Gasteiger partial charge >= 0.3 is 6.09 Å². The number of methoxy groups -OCH3 is 1.